The number of rotatable bonds is 6. The standard InChI is InChI=1S/C28H25N5O2/c1-20-25(28(35)33(31(20)2)23-16-10-5-11-17-23)29-19-32-26(22-14-8-4-9-15-22)30-24(27(32)34)18-21-12-6-3-7-13-21/h3-18,29H,19H2,1-2H3/b24-18+. The predicted octanol–water partition coefficient (Wildman–Crippen LogP) is 4.18. The Labute approximate surface area is 203 Å². The van der Waals surface area contributed by atoms with E-state index in [9.17, 15) is 9.59 Å². The molecular weight excluding hydrogens is 438 g/mol. The lowest BCUT2D eigenvalue weighted by molar-refractivity contribution is -0.122. The number of aliphatic imine (C=N–C) groups is 1. The van der Waals surface area contributed by atoms with Gasteiger partial charge >= 0.3 is 0 Å². The normalized spacial score (nSPS) is 14.5. The number of para-hydroxylation sites is 1. The van der Waals surface area contributed by atoms with Gasteiger partial charge in [0, 0.05) is 12.6 Å². The van der Waals surface area contributed by atoms with Gasteiger partial charge in [-0.3, -0.25) is 19.2 Å². The summed E-state index contributed by atoms with van der Waals surface area (Å²) in [6.07, 6.45) is 1.78. The first-order valence-electron chi connectivity index (χ1n) is 11.3. The van der Waals surface area contributed by atoms with Gasteiger partial charge in [-0.05, 0) is 30.7 Å². The van der Waals surface area contributed by atoms with Crippen LogP contribution in [0.2, 0.25) is 0 Å². The van der Waals surface area contributed by atoms with Crippen molar-refractivity contribution in [1.82, 2.24) is 14.3 Å². The van der Waals surface area contributed by atoms with Crippen LogP contribution in [0.1, 0.15) is 16.8 Å². The fraction of sp³-hybridized carbons (Fsp3) is 0.107. The van der Waals surface area contributed by atoms with E-state index in [-0.39, 0.29) is 18.1 Å². The monoisotopic (exact) mass is 463 g/mol. The molecule has 1 aromatic heterocycles. The summed E-state index contributed by atoms with van der Waals surface area (Å²) in [4.78, 5) is 32.9. The molecule has 1 aliphatic rings. The molecule has 0 bridgehead atoms. The maximum atomic E-state index is 13.4. The number of amides is 1. The van der Waals surface area contributed by atoms with Crippen molar-refractivity contribution in [3.63, 3.8) is 0 Å². The molecule has 2 heterocycles. The molecule has 1 aliphatic heterocycles. The maximum absolute atomic E-state index is 13.4. The van der Waals surface area contributed by atoms with Crippen LogP contribution in [0.15, 0.2) is 106 Å². The zero-order valence-corrected chi connectivity index (χ0v) is 19.6. The lowest BCUT2D eigenvalue weighted by atomic mass is 10.2. The molecule has 7 nitrogen and oxygen atoms in total. The molecular formula is C28H25N5O2. The Morgan fingerprint density at radius 1 is 0.857 bits per heavy atom. The van der Waals surface area contributed by atoms with Crippen LogP contribution in [-0.2, 0) is 11.8 Å². The van der Waals surface area contributed by atoms with Gasteiger partial charge in [0.05, 0.1) is 18.1 Å². The molecule has 0 radical (unpaired) electrons. The van der Waals surface area contributed by atoms with E-state index in [2.05, 4.69) is 10.3 Å². The minimum Gasteiger partial charge on any atom is -0.361 e. The number of hydrogen-bond donors (Lipinski definition) is 1. The third-order valence-electron chi connectivity index (χ3n) is 6.05. The Kier molecular flexibility index (Phi) is 5.89. The van der Waals surface area contributed by atoms with Crippen LogP contribution in [-0.4, -0.2) is 32.7 Å². The van der Waals surface area contributed by atoms with Crippen molar-refractivity contribution >= 4 is 23.5 Å². The van der Waals surface area contributed by atoms with Gasteiger partial charge in [-0.25, -0.2) is 9.67 Å². The highest BCUT2D eigenvalue weighted by atomic mass is 16.2. The zero-order valence-electron chi connectivity index (χ0n) is 19.6. The number of aromatic nitrogens is 2. The Morgan fingerprint density at radius 2 is 1.46 bits per heavy atom. The molecule has 1 N–H and O–H groups in total. The second-order valence-electron chi connectivity index (χ2n) is 8.25. The molecule has 174 valence electrons. The maximum Gasteiger partial charge on any atom is 0.295 e. The van der Waals surface area contributed by atoms with Gasteiger partial charge in [-0.2, -0.15) is 0 Å². The van der Waals surface area contributed by atoms with Crippen LogP contribution in [0.25, 0.3) is 11.8 Å². The molecule has 1 amide bonds. The highest BCUT2D eigenvalue weighted by Gasteiger charge is 2.31. The number of nitrogens with one attached hydrogen (secondary N) is 1. The SMILES string of the molecule is Cc1c(NCN2C(=O)/C(=C\c3ccccc3)N=C2c2ccccc2)c(=O)n(-c2ccccc2)n1C. The Hall–Kier alpha value is -4.65. The quantitative estimate of drug-likeness (QED) is 0.436. The number of nitrogens with zero attached hydrogens (tertiary/aromatic N) is 4. The summed E-state index contributed by atoms with van der Waals surface area (Å²) < 4.78 is 3.41. The molecule has 0 spiro atoms. The summed E-state index contributed by atoms with van der Waals surface area (Å²) in [5.41, 5.74) is 3.87. The molecule has 35 heavy (non-hydrogen) atoms. The van der Waals surface area contributed by atoms with E-state index in [4.69, 9.17) is 0 Å². The number of hydrogen-bond acceptors (Lipinski definition) is 4. The van der Waals surface area contributed by atoms with E-state index in [0.717, 1.165) is 22.5 Å². The minimum atomic E-state index is -0.225. The molecule has 0 fully saturated rings. The van der Waals surface area contributed by atoms with Crippen molar-refractivity contribution in [2.75, 3.05) is 12.0 Å². The van der Waals surface area contributed by atoms with Gasteiger partial charge in [0.25, 0.3) is 11.5 Å². The van der Waals surface area contributed by atoms with E-state index >= 15 is 0 Å². The predicted molar refractivity (Wildman–Crippen MR) is 138 cm³/mol. The lowest BCUT2D eigenvalue weighted by Crippen LogP contribution is -2.37. The molecule has 3 aromatic carbocycles. The minimum absolute atomic E-state index is 0.105. The van der Waals surface area contributed by atoms with E-state index in [1.54, 1.807) is 20.3 Å². The molecule has 0 aliphatic carbocycles. The first kappa shape index (κ1) is 22.2. The average molecular weight is 464 g/mol. The number of amidine groups is 1. The van der Waals surface area contributed by atoms with Gasteiger partial charge in [-0.1, -0.05) is 78.9 Å². The van der Waals surface area contributed by atoms with Crippen LogP contribution in [0.5, 0.6) is 0 Å². The number of carbonyl (C=O) groups is 1. The third kappa shape index (κ3) is 4.19. The van der Waals surface area contributed by atoms with Crippen molar-refractivity contribution in [3.05, 3.63) is 124 Å². The van der Waals surface area contributed by atoms with E-state index < -0.39 is 0 Å². The fourth-order valence-corrected chi connectivity index (χ4v) is 4.14. The lowest BCUT2D eigenvalue weighted by Gasteiger charge is -2.19. The van der Waals surface area contributed by atoms with E-state index in [1.165, 1.54) is 0 Å². The summed E-state index contributed by atoms with van der Waals surface area (Å²) in [6, 6.07) is 28.7. The van der Waals surface area contributed by atoms with Crippen LogP contribution in [0.4, 0.5) is 5.69 Å². The first-order chi connectivity index (χ1) is 17.0. The topological polar surface area (TPSA) is 71.6 Å². The van der Waals surface area contributed by atoms with Crippen LogP contribution in [0, 0.1) is 6.92 Å². The summed E-state index contributed by atoms with van der Waals surface area (Å²) in [5.74, 6) is 0.319. The van der Waals surface area contributed by atoms with Crippen molar-refractivity contribution in [2.24, 2.45) is 12.0 Å². The summed E-state index contributed by atoms with van der Waals surface area (Å²) in [7, 11) is 1.84. The summed E-state index contributed by atoms with van der Waals surface area (Å²) >= 11 is 0. The van der Waals surface area contributed by atoms with Crippen molar-refractivity contribution < 1.29 is 4.79 Å². The molecule has 0 saturated carbocycles. The smallest absolute Gasteiger partial charge is 0.295 e. The summed E-state index contributed by atoms with van der Waals surface area (Å²) in [5, 5.41) is 3.21. The van der Waals surface area contributed by atoms with Crippen LogP contribution < -0.4 is 10.9 Å². The van der Waals surface area contributed by atoms with Gasteiger partial charge in [0.1, 0.15) is 17.2 Å². The van der Waals surface area contributed by atoms with Crippen LogP contribution >= 0.6 is 0 Å². The van der Waals surface area contributed by atoms with E-state index in [1.807, 2.05) is 105 Å². The Bertz CT molecular complexity index is 1480. The number of anilines is 1. The largest absolute Gasteiger partial charge is 0.361 e. The highest BCUT2D eigenvalue weighted by molar-refractivity contribution is 6.19. The van der Waals surface area contributed by atoms with Crippen molar-refractivity contribution in [3.8, 4) is 5.69 Å². The fourth-order valence-electron chi connectivity index (χ4n) is 4.14. The third-order valence-corrected chi connectivity index (χ3v) is 6.05. The van der Waals surface area contributed by atoms with E-state index in [0.29, 0.717) is 17.2 Å². The van der Waals surface area contributed by atoms with Gasteiger partial charge in [-0.15, -0.1) is 0 Å². The Morgan fingerprint density at radius 3 is 2.11 bits per heavy atom. The van der Waals surface area contributed by atoms with Gasteiger partial charge < -0.3 is 5.32 Å². The summed E-state index contributed by atoms with van der Waals surface area (Å²) in [6.45, 7) is 1.98. The second-order valence-corrected chi connectivity index (χ2v) is 8.25. The zero-order chi connectivity index (χ0) is 24.4. The Balaban J connectivity index is 1.48. The molecule has 4 aromatic rings. The molecule has 0 atom stereocenters. The van der Waals surface area contributed by atoms with Gasteiger partial charge in [0.15, 0.2) is 0 Å². The molecule has 0 saturated heterocycles. The average Bonchev–Trinajstić information content (AvgIpc) is 3.31. The van der Waals surface area contributed by atoms with Crippen LogP contribution in [0.3, 0.4) is 0 Å². The molecule has 7 heteroatoms. The molecule has 0 unspecified atom stereocenters. The first-order valence-corrected chi connectivity index (χ1v) is 11.3. The number of benzene rings is 3. The highest BCUT2D eigenvalue weighted by Crippen LogP contribution is 2.23. The number of carbonyl (C=O) groups excluding carboxylic acids is 1. The van der Waals surface area contributed by atoms with Gasteiger partial charge in [0.2, 0.25) is 0 Å². The molecule has 5 rings (SSSR count). The second kappa shape index (κ2) is 9.30. The van der Waals surface area contributed by atoms with Crippen molar-refractivity contribution in [1.29, 1.82) is 0 Å². The van der Waals surface area contributed by atoms with Crippen molar-refractivity contribution in [2.45, 2.75) is 6.92 Å².